The van der Waals surface area contributed by atoms with Gasteiger partial charge >= 0.3 is 0 Å². The molecule has 36 heavy (non-hydrogen) atoms. The fourth-order valence-corrected chi connectivity index (χ4v) is 5.27. The van der Waals surface area contributed by atoms with Crippen LogP contribution in [0.4, 0.5) is 23.4 Å². The Kier molecular flexibility index (Phi) is 5.09. The second-order valence-electron chi connectivity index (χ2n) is 9.15. The molecule has 6 rings (SSSR count). The molecule has 8 nitrogen and oxygen atoms in total. The number of halogens is 4. The molecule has 0 amide bonds. The first-order valence-electron chi connectivity index (χ1n) is 11.7. The van der Waals surface area contributed by atoms with Gasteiger partial charge in [-0.3, -0.25) is 9.13 Å². The van der Waals surface area contributed by atoms with Crippen molar-refractivity contribution in [2.45, 2.75) is 57.5 Å². The highest BCUT2D eigenvalue weighted by Gasteiger charge is 2.47. The van der Waals surface area contributed by atoms with Crippen LogP contribution >= 0.6 is 0 Å². The normalized spacial score (nSPS) is 20.4. The van der Waals surface area contributed by atoms with Crippen molar-refractivity contribution >= 4 is 5.82 Å². The van der Waals surface area contributed by atoms with Crippen LogP contribution in [-0.2, 0) is 0 Å². The minimum Gasteiger partial charge on any atom is -0.341 e. The van der Waals surface area contributed by atoms with Crippen molar-refractivity contribution < 1.29 is 17.6 Å². The van der Waals surface area contributed by atoms with Gasteiger partial charge in [0, 0.05) is 36.8 Å². The SMILES string of the molecule is CCC1c2nnc(C)n2-c2cnc(-n3ccnc3-c3ccc(F)c(F)c3)nc2N1C1CCC(F)(F)C1. The standard InChI is InChI=1S/C24H22F4N8/c1-3-18-22-33-32-13(2)35(22)19-12-30-23(31-21(19)36(18)15-6-7-24(27,28)11-15)34-9-8-29-20(34)14-4-5-16(25)17(26)10-14/h4-5,8-10,12,15,18H,3,6-7,11H2,1-2H3. The van der Waals surface area contributed by atoms with Crippen molar-refractivity contribution in [3.63, 3.8) is 0 Å². The number of hydrogen-bond acceptors (Lipinski definition) is 6. The van der Waals surface area contributed by atoms with E-state index in [0.29, 0.717) is 47.4 Å². The number of alkyl halides is 2. The van der Waals surface area contributed by atoms with E-state index in [-0.39, 0.29) is 24.8 Å². The molecule has 4 aromatic rings. The second kappa shape index (κ2) is 8.10. The van der Waals surface area contributed by atoms with Gasteiger partial charge in [0.15, 0.2) is 23.3 Å². The van der Waals surface area contributed by atoms with Crippen LogP contribution in [0.2, 0.25) is 0 Å². The molecule has 0 saturated heterocycles. The third-order valence-corrected chi connectivity index (χ3v) is 6.90. The van der Waals surface area contributed by atoms with Crippen molar-refractivity contribution in [3.8, 4) is 23.0 Å². The summed E-state index contributed by atoms with van der Waals surface area (Å²) in [6.07, 6.45) is 5.20. The summed E-state index contributed by atoms with van der Waals surface area (Å²) in [7, 11) is 0. The molecule has 1 saturated carbocycles. The Morgan fingerprint density at radius 2 is 1.94 bits per heavy atom. The average molecular weight is 498 g/mol. The van der Waals surface area contributed by atoms with Crippen molar-refractivity contribution in [2.75, 3.05) is 4.90 Å². The Bertz CT molecular complexity index is 1460. The summed E-state index contributed by atoms with van der Waals surface area (Å²) in [4.78, 5) is 15.6. The quantitative estimate of drug-likeness (QED) is 0.371. The van der Waals surface area contributed by atoms with E-state index in [1.807, 2.05) is 23.3 Å². The van der Waals surface area contributed by atoms with E-state index in [0.717, 1.165) is 12.1 Å². The Labute approximate surface area is 203 Å². The second-order valence-corrected chi connectivity index (χ2v) is 9.15. The van der Waals surface area contributed by atoms with E-state index in [1.54, 1.807) is 17.0 Å². The third kappa shape index (κ3) is 3.46. The molecule has 2 aliphatic rings. The first-order valence-corrected chi connectivity index (χ1v) is 11.7. The van der Waals surface area contributed by atoms with Gasteiger partial charge in [-0.2, -0.15) is 4.98 Å². The molecule has 3 aromatic heterocycles. The van der Waals surface area contributed by atoms with Gasteiger partial charge in [0.1, 0.15) is 17.3 Å². The van der Waals surface area contributed by atoms with E-state index in [1.165, 1.54) is 12.3 Å². The molecule has 2 atom stereocenters. The number of benzene rings is 1. The Balaban J connectivity index is 1.51. The molecule has 186 valence electrons. The molecule has 1 aliphatic carbocycles. The van der Waals surface area contributed by atoms with Crippen LogP contribution in [0.3, 0.4) is 0 Å². The summed E-state index contributed by atoms with van der Waals surface area (Å²) in [6.45, 7) is 3.79. The van der Waals surface area contributed by atoms with Crippen molar-refractivity contribution in [2.24, 2.45) is 0 Å². The maximum absolute atomic E-state index is 14.3. The minimum absolute atomic E-state index is 0.189. The minimum atomic E-state index is -2.75. The summed E-state index contributed by atoms with van der Waals surface area (Å²) in [5, 5.41) is 8.58. The first kappa shape index (κ1) is 22.6. The number of nitrogens with zero attached hydrogens (tertiary/aromatic N) is 8. The summed E-state index contributed by atoms with van der Waals surface area (Å²) in [5.41, 5.74) is 0.946. The van der Waals surface area contributed by atoms with Gasteiger partial charge in [0.25, 0.3) is 0 Å². The van der Waals surface area contributed by atoms with Gasteiger partial charge in [0.2, 0.25) is 11.9 Å². The first-order chi connectivity index (χ1) is 17.3. The van der Waals surface area contributed by atoms with Crippen LogP contribution < -0.4 is 4.90 Å². The third-order valence-electron chi connectivity index (χ3n) is 6.90. The van der Waals surface area contributed by atoms with Gasteiger partial charge in [-0.25, -0.2) is 27.5 Å². The molecule has 0 radical (unpaired) electrons. The van der Waals surface area contributed by atoms with Crippen LogP contribution in [-0.4, -0.2) is 46.2 Å². The van der Waals surface area contributed by atoms with Crippen LogP contribution in [0.5, 0.6) is 0 Å². The molecule has 1 fully saturated rings. The Hall–Kier alpha value is -3.83. The Morgan fingerprint density at radius 3 is 2.67 bits per heavy atom. The molecule has 1 aromatic carbocycles. The van der Waals surface area contributed by atoms with Crippen LogP contribution in [0.15, 0.2) is 36.8 Å². The lowest BCUT2D eigenvalue weighted by molar-refractivity contribution is 0.00746. The van der Waals surface area contributed by atoms with E-state index in [2.05, 4.69) is 20.2 Å². The van der Waals surface area contributed by atoms with Gasteiger partial charge in [-0.1, -0.05) is 6.92 Å². The van der Waals surface area contributed by atoms with Crippen molar-refractivity contribution in [3.05, 3.63) is 60.1 Å². The monoisotopic (exact) mass is 498 g/mol. The highest BCUT2D eigenvalue weighted by atomic mass is 19.3. The largest absolute Gasteiger partial charge is 0.341 e. The highest BCUT2D eigenvalue weighted by molar-refractivity contribution is 5.64. The number of rotatable bonds is 4. The van der Waals surface area contributed by atoms with Crippen LogP contribution in [0, 0.1) is 18.6 Å². The fourth-order valence-electron chi connectivity index (χ4n) is 5.27. The average Bonchev–Trinajstić information content (AvgIpc) is 3.58. The molecule has 0 bridgehead atoms. The smallest absolute Gasteiger partial charge is 0.250 e. The summed E-state index contributed by atoms with van der Waals surface area (Å²) in [6, 6.07) is 2.77. The van der Waals surface area contributed by atoms with E-state index < -0.39 is 23.6 Å². The van der Waals surface area contributed by atoms with E-state index in [4.69, 9.17) is 4.98 Å². The number of anilines is 1. The molecule has 0 N–H and O–H groups in total. The Morgan fingerprint density at radius 1 is 1.11 bits per heavy atom. The molecule has 2 unspecified atom stereocenters. The number of aryl methyl sites for hydroxylation is 1. The van der Waals surface area contributed by atoms with Gasteiger partial charge in [-0.05, 0) is 38.0 Å². The van der Waals surface area contributed by atoms with Crippen LogP contribution in [0.1, 0.15) is 50.3 Å². The van der Waals surface area contributed by atoms with E-state index in [9.17, 15) is 17.6 Å². The zero-order valence-electron chi connectivity index (χ0n) is 19.5. The van der Waals surface area contributed by atoms with Crippen LogP contribution in [0.25, 0.3) is 23.0 Å². The highest BCUT2D eigenvalue weighted by Crippen LogP contribution is 2.46. The number of fused-ring (bicyclic) bond motifs is 3. The van der Waals surface area contributed by atoms with E-state index >= 15 is 0 Å². The van der Waals surface area contributed by atoms with Gasteiger partial charge in [0.05, 0.1) is 12.2 Å². The molecular formula is C24H22F4N8. The zero-order chi connectivity index (χ0) is 25.2. The maximum Gasteiger partial charge on any atom is 0.250 e. The summed E-state index contributed by atoms with van der Waals surface area (Å²) in [5.74, 6) is -2.36. The van der Waals surface area contributed by atoms with Gasteiger partial charge < -0.3 is 4.90 Å². The predicted octanol–water partition coefficient (Wildman–Crippen LogP) is 4.96. The lowest BCUT2D eigenvalue weighted by Crippen LogP contribution is -2.43. The number of hydrogen-bond donors (Lipinski definition) is 0. The molecule has 1 aliphatic heterocycles. The molecular weight excluding hydrogens is 476 g/mol. The summed E-state index contributed by atoms with van der Waals surface area (Å²) >= 11 is 0. The van der Waals surface area contributed by atoms with Crippen molar-refractivity contribution in [1.82, 2.24) is 34.3 Å². The molecule has 0 spiro atoms. The zero-order valence-corrected chi connectivity index (χ0v) is 19.5. The van der Waals surface area contributed by atoms with Gasteiger partial charge in [-0.15, -0.1) is 10.2 Å². The fraction of sp³-hybridized carbons (Fsp3) is 0.375. The lowest BCUT2D eigenvalue weighted by Gasteiger charge is -2.41. The number of aromatic nitrogens is 7. The van der Waals surface area contributed by atoms with Crippen molar-refractivity contribution in [1.29, 1.82) is 0 Å². The number of imidazole rings is 1. The maximum atomic E-state index is 14.3. The lowest BCUT2D eigenvalue weighted by atomic mass is 10.0. The molecule has 4 heterocycles. The topological polar surface area (TPSA) is 77.5 Å². The summed E-state index contributed by atoms with van der Waals surface area (Å²) < 4.78 is 59.4. The molecule has 12 heteroatoms. The predicted molar refractivity (Wildman–Crippen MR) is 122 cm³/mol.